The first-order valence-corrected chi connectivity index (χ1v) is 9.24. The summed E-state index contributed by atoms with van der Waals surface area (Å²) in [4.78, 5) is 11.2. The Morgan fingerprint density at radius 1 is 1.21 bits per heavy atom. The van der Waals surface area contributed by atoms with Crippen LogP contribution in [0.15, 0.2) is 29.6 Å². The van der Waals surface area contributed by atoms with Crippen molar-refractivity contribution in [3.05, 3.63) is 35.7 Å². The first-order valence-electron chi connectivity index (χ1n) is 7.92. The van der Waals surface area contributed by atoms with E-state index in [0.717, 1.165) is 12.1 Å². The summed E-state index contributed by atoms with van der Waals surface area (Å²) in [7, 11) is 1.37. The summed E-state index contributed by atoms with van der Waals surface area (Å²) in [6.07, 6.45) is -3.33. The second-order valence-electron chi connectivity index (χ2n) is 5.69. The van der Waals surface area contributed by atoms with Crippen LogP contribution in [0.2, 0.25) is 0 Å². The summed E-state index contributed by atoms with van der Waals surface area (Å²) in [5.41, 5.74) is 1.85. The van der Waals surface area contributed by atoms with E-state index in [9.17, 15) is 17.4 Å². The van der Waals surface area contributed by atoms with Gasteiger partial charge in [0, 0.05) is 11.6 Å². The number of hydrogen-bond donors (Lipinski definition) is 1. The number of halogens is 3. The average Bonchev–Trinajstić information content (AvgIpc) is 3.05. The number of alkyl halides is 3. The van der Waals surface area contributed by atoms with Crippen LogP contribution in [0.1, 0.15) is 11.3 Å². The molecule has 0 fully saturated rings. The van der Waals surface area contributed by atoms with Crippen molar-refractivity contribution in [3.63, 3.8) is 0 Å². The van der Waals surface area contributed by atoms with Crippen LogP contribution in [-0.2, 0) is 16.6 Å². The van der Waals surface area contributed by atoms with Gasteiger partial charge in [0.2, 0.25) is 0 Å². The molecule has 1 atom stereocenters. The number of nitrogens with one attached hydrogen (secondary N) is 1. The lowest BCUT2D eigenvalue weighted by Gasteiger charge is -2.12. The maximum Gasteiger partial charge on any atom is 0.573 e. The second-order valence-corrected chi connectivity index (χ2v) is 7.06. The number of imidazole rings is 1. The Kier molecular flexibility index (Phi) is 5.45. The highest BCUT2D eigenvalue weighted by Gasteiger charge is 2.31. The molecular weight excluding hydrogens is 399 g/mol. The van der Waals surface area contributed by atoms with Gasteiger partial charge in [-0.25, -0.2) is 4.98 Å². The molecule has 0 spiro atoms. The number of rotatable bonds is 6. The summed E-state index contributed by atoms with van der Waals surface area (Å²) in [6, 6.07) is 3.65. The highest BCUT2D eigenvalue weighted by Crippen LogP contribution is 2.32. The van der Waals surface area contributed by atoms with Crippen molar-refractivity contribution in [1.82, 2.24) is 15.0 Å². The molecule has 0 aliphatic rings. The van der Waals surface area contributed by atoms with Gasteiger partial charge in [-0.2, -0.15) is 0 Å². The van der Waals surface area contributed by atoms with Gasteiger partial charge in [0.25, 0.3) is 0 Å². The number of pyridine rings is 1. The molecular formula is C17H16F3N3O4S. The van der Waals surface area contributed by atoms with Gasteiger partial charge in [-0.15, -0.1) is 13.2 Å². The van der Waals surface area contributed by atoms with E-state index >= 15 is 0 Å². The van der Waals surface area contributed by atoms with Gasteiger partial charge in [-0.3, -0.25) is 9.19 Å². The van der Waals surface area contributed by atoms with E-state index < -0.39 is 22.9 Å². The molecule has 1 N–H and O–H groups in total. The smallest absolute Gasteiger partial charge is 0.492 e. The van der Waals surface area contributed by atoms with Crippen LogP contribution < -0.4 is 14.2 Å². The molecule has 7 nitrogen and oxygen atoms in total. The molecule has 2 heterocycles. The van der Waals surface area contributed by atoms with Gasteiger partial charge in [0.15, 0.2) is 16.7 Å². The predicted molar refractivity (Wildman–Crippen MR) is 95.0 cm³/mol. The molecule has 0 aliphatic heterocycles. The first-order chi connectivity index (χ1) is 13.2. The zero-order valence-electron chi connectivity index (χ0n) is 15.1. The summed E-state index contributed by atoms with van der Waals surface area (Å²) in [5.74, 6) is 0.592. The number of fused-ring (bicyclic) bond motifs is 1. The Morgan fingerprint density at radius 3 is 2.61 bits per heavy atom. The fourth-order valence-electron chi connectivity index (χ4n) is 2.62. The van der Waals surface area contributed by atoms with Gasteiger partial charge in [-0.1, -0.05) is 0 Å². The average molecular weight is 415 g/mol. The molecule has 1 aromatic carbocycles. The predicted octanol–water partition coefficient (Wildman–Crippen LogP) is 3.49. The largest absolute Gasteiger partial charge is 0.573 e. The standard InChI is InChI=1S/C17H16F3N3O4S/c1-9-13(21-7-14(25-2)15(9)26-3)8-28(24)16-22-11-5-4-10(6-12(11)23-16)27-17(18,19)20/h4-7H,8H2,1-3H3,(H,22,23). The van der Waals surface area contributed by atoms with Gasteiger partial charge < -0.3 is 19.2 Å². The Hall–Kier alpha value is -2.82. The van der Waals surface area contributed by atoms with Gasteiger partial charge >= 0.3 is 6.36 Å². The number of ether oxygens (including phenoxy) is 3. The highest BCUT2D eigenvalue weighted by atomic mass is 32.2. The molecule has 3 aromatic rings. The quantitative estimate of drug-likeness (QED) is 0.663. The molecule has 0 bridgehead atoms. The fourth-order valence-corrected chi connectivity index (χ4v) is 3.72. The molecule has 0 saturated heterocycles. The van der Waals surface area contributed by atoms with Crippen molar-refractivity contribution in [2.24, 2.45) is 0 Å². The first kappa shape index (κ1) is 19.9. The van der Waals surface area contributed by atoms with Crippen LogP contribution in [0, 0.1) is 6.92 Å². The third-order valence-electron chi connectivity index (χ3n) is 3.91. The zero-order chi connectivity index (χ0) is 20.5. The Bertz CT molecular complexity index is 1040. The van der Waals surface area contributed by atoms with Crippen LogP contribution >= 0.6 is 0 Å². The molecule has 3 rings (SSSR count). The Labute approximate surface area is 160 Å². The molecule has 11 heteroatoms. The summed E-state index contributed by atoms with van der Waals surface area (Å²) >= 11 is 0. The fraction of sp³-hybridized carbons (Fsp3) is 0.294. The van der Waals surface area contributed by atoms with Crippen LogP contribution in [0.3, 0.4) is 0 Å². The molecule has 0 saturated carbocycles. The van der Waals surface area contributed by atoms with Gasteiger partial charge in [-0.05, 0) is 19.1 Å². The third kappa shape index (κ3) is 4.19. The summed E-state index contributed by atoms with van der Waals surface area (Å²) in [5, 5.41) is 0.121. The third-order valence-corrected chi connectivity index (χ3v) is 5.07. The van der Waals surface area contributed by atoms with Crippen molar-refractivity contribution in [2.75, 3.05) is 14.2 Å². The minimum absolute atomic E-state index is 0.0396. The molecule has 2 aromatic heterocycles. The normalized spacial score (nSPS) is 12.8. The number of benzene rings is 1. The highest BCUT2D eigenvalue weighted by molar-refractivity contribution is 7.84. The van der Waals surface area contributed by atoms with E-state index in [1.165, 1.54) is 26.5 Å². The minimum Gasteiger partial charge on any atom is -0.492 e. The number of methoxy groups -OCH3 is 2. The lowest BCUT2D eigenvalue weighted by Crippen LogP contribution is -2.16. The zero-order valence-corrected chi connectivity index (χ0v) is 15.9. The Morgan fingerprint density at radius 2 is 1.96 bits per heavy atom. The molecule has 28 heavy (non-hydrogen) atoms. The number of nitrogens with zero attached hydrogens (tertiary/aromatic N) is 2. The van der Waals surface area contributed by atoms with E-state index in [1.807, 2.05) is 0 Å². The lowest BCUT2D eigenvalue weighted by atomic mass is 10.2. The Balaban J connectivity index is 1.86. The maximum atomic E-state index is 12.7. The summed E-state index contributed by atoms with van der Waals surface area (Å²) in [6.45, 7) is 1.76. The lowest BCUT2D eigenvalue weighted by molar-refractivity contribution is -0.274. The van der Waals surface area contributed by atoms with Crippen LogP contribution in [0.4, 0.5) is 13.2 Å². The van der Waals surface area contributed by atoms with Crippen LogP contribution in [-0.4, -0.2) is 39.7 Å². The van der Waals surface area contributed by atoms with Crippen molar-refractivity contribution in [1.29, 1.82) is 0 Å². The molecule has 0 aliphatic carbocycles. The minimum atomic E-state index is -4.80. The maximum absolute atomic E-state index is 12.7. The van der Waals surface area contributed by atoms with Crippen molar-refractivity contribution >= 4 is 21.8 Å². The van der Waals surface area contributed by atoms with E-state index in [4.69, 9.17) is 9.47 Å². The van der Waals surface area contributed by atoms with Crippen molar-refractivity contribution in [2.45, 2.75) is 24.2 Å². The van der Waals surface area contributed by atoms with Gasteiger partial charge in [0.05, 0.1) is 53.7 Å². The van der Waals surface area contributed by atoms with Gasteiger partial charge in [0.1, 0.15) is 5.75 Å². The van der Waals surface area contributed by atoms with E-state index in [0.29, 0.717) is 28.3 Å². The van der Waals surface area contributed by atoms with Crippen molar-refractivity contribution in [3.8, 4) is 17.2 Å². The topological polar surface area (TPSA) is 86.3 Å². The number of aromatic amines is 1. The van der Waals surface area contributed by atoms with Crippen LogP contribution in [0.25, 0.3) is 11.0 Å². The molecule has 0 radical (unpaired) electrons. The molecule has 0 amide bonds. The summed E-state index contributed by atoms with van der Waals surface area (Å²) < 4.78 is 64.1. The monoisotopic (exact) mass is 415 g/mol. The van der Waals surface area contributed by atoms with E-state index in [2.05, 4.69) is 19.7 Å². The number of aromatic nitrogens is 3. The second kappa shape index (κ2) is 7.66. The SMILES string of the molecule is COc1cnc(CS(=O)c2nc3ccc(OC(F)(F)F)cc3[nH]2)c(C)c1OC. The van der Waals surface area contributed by atoms with E-state index in [1.54, 1.807) is 6.92 Å². The van der Waals surface area contributed by atoms with Crippen molar-refractivity contribution < 1.29 is 31.6 Å². The van der Waals surface area contributed by atoms with E-state index in [-0.39, 0.29) is 16.4 Å². The number of H-pyrrole nitrogens is 1. The van der Waals surface area contributed by atoms with Crippen LogP contribution in [0.5, 0.6) is 17.2 Å². The number of hydrogen-bond acceptors (Lipinski definition) is 6. The molecule has 1 unspecified atom stereocenters. The molecule has 150 valence electrons.